The fourth-order valence-electron chi connectivity index (χ4n) is 17.5. The summed E-state index contributed by atoms with van der Waals surface area (Å²) in [4.78, 5) is 84.1. The Bertz CT molecular complexity index is 6450. The highest BCUT2D eigenvalue weighted by molar-refractivity contribution is 5.87. The Morgan fingerprint density at radius 2 is 0.854 bits per heavy atom. The Hall–Kier alpha value is -14.5. The van der Waals surface area contributed by atoms with Crippen molar-refractivity contribution in [2.24, 2.45) is 44.3 Å². The number of pyridine rings is 1. The Balaban J connectivity index is 0.000000115. The van der Waals surface area contributed by atoms with E-state index in [0.717, 1.165) is 83.6 Å². The molecule has 0 spiro atoms. The van der Waals surface area contributed by atoms with E-state index in [9.17, 15) is 27.1 Å². The van der Waals surface area contributed by atoms with Gasteiger partial charge in [0.15, 0.2) is 96.4 Å². The van der Waals surface area contributed by atoms with E-state index in [0.29, 0.717) is 135 Å². The molecule has 13 aromatic heterocycles. The second-order valence-corrected chi connectivity index (χ2v) is 33.4. The Kier molecular flexibility index (Phi) is 27.8. The van der Waals surface area contributed by atoms with Crippen LogP contribution in [0.2, 0.25) is 0 Å². The molecule has 14 heterocycles. The summed E-state index contributed by atoms with van der Waals surface area (Å²) in [7, 11) is 9.35. The third-order valence-electron chi connectivity index (χ3n) is 23.7. The monoisotopic (exact) mass is 1760 g/mol. The largest absolute Gasteiger partial charge is 0.394 e. The van der Waals surface area contributed by atoms with Crippen molar-refractivity contribution in [3.63, 3.8) is 0 Å². The molecule has 8 N–H and O–H groups in total. The number of aromatic nitrogens is 25. The van der Waals surface area contributed by atoms with Crippen LogP contribution >= 0.6 is 0 Å². The number of fused-ring (bicyclic) bond motifs is 6. The molecule has 4 aromatic carbocycles. The molecular formula is C91H102F5N33O. The van der Waals surface area contributed by atoms with Gasteiger partial charge in [-0.2, -0.15) is 81.8 Å². The van der Waals surface area contributed by atoms with E-state index in [1.165, 1.54) is 50.4 Å². The molecule has 5 fully saturated rings. The SMILES string of the molecule is CC[C@H](CO)N([11CH3])c1nc(NCc2ccccc2)c2ncn(C(C)C)c2n1.Cn1cnc2c(NCC34CC5CC(CC(C5)C3)C4)nc(F)nc21.Cn1cnc2c(NCc3ccccc3)nc([18F])nc21.Cn1cnc2c(NCc3cccnc3)nc(F)nc21.[11CH3]N1CCC(n2cnc3c(NCc4ccccc4)nc(F)nc32)C1.[18F]c1nc(NCc2ccccc2)c2[nH]cnc2n1. The van der Waals surface area contributed by atoms with Gasteiger partial charge in [-0.15, -0.1) is 0 Å². The van der Waals surface area contributed by atoms with Gasteiger partial charge in [0.1, 0.15) is 5.52 Å². The number of hydrogen-bond acceptors (Lipinski definition) is 28. The number of nitrogens with one attached hydrogen (secondary N) is 7. The molecule has 4 aliphatic carbocycles. The number of imidazole rings is 6. The lowest BCUT2D eigenvalue weighted by Gasteiger charge is -2.57. The van der Waals surface area contributed by atoms with Gasteiger partial charge in [0.2, 0.25) is 5.95 Å². The second-order valence-electron chi connectivity index (χ2n) is 33.4. The number of rotatable bonds is 24. The van der Waals surface area contributed by atoms with Crippen LogP contribution in [0.15, 0.2) is 184 Å². The van der Waals surface area contributed by atoms with Crippen molar-refractivity contribution in [2.45, 2.75) is 123 Å². The third-order valence-corrected chi connectivity index (χ3v) is 23.7. The van der Waals surface area contributed by atoms with Gasteiger partial charge < -0.3 is 74.6 Å². The third kappa shape index (κ3) is 21.3. The zero-order valence-electron chi connectivity index (χ0n) is 73.3. The Labute approximate surface area is 745 Å². The lowest BCUT2D eigenvalue weighted by atomic mass is 9.49. The number of halogens is 5. The number of aromatic amines is 1. The van der Waals surface area contributed by atoms with Crippen molar-refractivity contribution in [3.05, 3.63) is 242 Å². The molecule has 1 aliphatic heterocycles. The summed E-state index contributed by atoms with van der Waals surface area (Å²) in [6.07, 6.45) is 19.7. The van der Waals surface area contributed by atoms with Crippen LogP contribution in [0.5, 0.6) is 0 Å². The Morgan fingerprint density at radius 3 is 1.29 bits per heavy atom. The highest BCUT2D eigenvalue weighted by Gasteiger charge is 2.51. The molecule has 5 aliphatic rings. The fraction of sp³-hybridized carbons (Fsp3) is 0.352. The summed E-state index contributed by atoms with van der Waals surface area (Å²) in [5, 5.41) is 28.9. The van der Waals surface area contributed by atoms with Crippen LogP contribution in [0.4, 0.5) is 62.8 Å². The number of aryl methyl sites for hydroxylation is 3. The van der Waals surface area contributed by atoms with E-state index < -0.39 is 30.4 Å². The van der Waals surface area contributed by atoms with Crippen LogP contribution in [0.3, 0.4) is 0 Å². The molecule has 130 heavy (non-hydrogen) atoms. The maximum atomic E-state index is 13.9. The number of likely N-dealkylation sites (N-methyl/N-ethyl adjacent to an activating group) is 2. The van der Waals surface area contributed by atoms with Gasteiger partial charge in [0, 0.05) is 92.4 Å². The van der Waals surface area contributed by atoms with Gasteiger partial charge in [0.05, 0.1) is 56.7 Å². The number of benzene rings is 4. The first-order chi connectivity index (χ1) is 63.2. The predicted molar refractivity (Wildman–Crippen MR) is 488 cm³/mol. The minimum absolute atomic E-state index is 0.0279. The lowest BCUT2D eigenvalue weighted by molar-refractivity contribution is -0.0444. The first-order valence-electron chi connectivity index (χ1n) is 43.2. The number of nitrogens with zero attached hydrogens (tertiary/aromatic N) is 26. The highest BCUT2D eigenvalue weighted by Crippen LogP contribution is 2.60. The molecule has 1 unspecified atom stereocenters. The van der Waals surface area contributed by atoms with Crippen LogP contribution < -0.4 is 36.8 Å². The van der Waals surface area contributed by atoms with Crippen LogP contribution in [0.25, 0.3) is 67.0 Å². The lowest BCUT2D eigenvalue weighted by Crippen LogP contribution is -2.49. The minimum Gasteiger partial charge on any atom is -0.394 e. The van der Waals surface area contributed by atoms with Gasteiger partial charge in [-0.25, -0.2) is 29.9 Å². The average molecular weight is 1770 g/mol. The summed E-state index contributed by atoms with van der Waals surface area (Å²) < 4.78 is 76.6. The molecule has 4 saturated carbocycles. The number of H-pyrrole nitrogens is 1. The number of aliphatic hydroxyl groups is 1. The summed E-state index contributed by atoms with van der Waals surface area (Å²) in [5.41, 5.74) is 12.7. The summed E-state index contributed by atoms with van der Waals surface area (Å²) in [5.74, 6) is 6.23. The topological polar surface area (TPSA) is 384 Å². The quantitative estimate of drug-likeness (QED) is 0.0206. The van der Waals surface area contributed by atoms with E-state index in [-0.39, 0.29) is 24.7 Å². The smallest absolute Gasteiger partial charge is 0.312 e. The normalized spacial score (nSPS) is 16.9. The van der Waals surface area contributed by atoms with E-state index in [2.05, 4.69) is 160 Å². The van der Waals surface area contributed by atoms with Crippen LogP contribution in [-0.2, 0) is 53.9 Å². The average Bonchev–Trinajstić information content (AvgIpc) is 0.772. The van der Waals surface area contributed by atoms with Crippen molar-refractivity contribution in [3.8, 4) is 0 Å². The van der Waals surface area contributed by atoms with Crippen molar-refractivity contribution >= 4 is 108 Å². The molecule has 0 radical (unpaired) electrons. The molecule has 34 nitrogen and oxygen atoms in total. The highest BCUT2D eigenvalue weighted by atomic mass is 19.1. The number of likely N-dealkylation sites (tertiary alicyclic amines) is 1. The number of anilines is 7. The van der Waals surface area contributed by atoms with E-state index in [1.54, 1.807) is 65.5 Å². The summed E-state index contributed by atoms with van der Waals surface area (Å²) >= 11 is 0. The van der Waals surface area contributed by atoms with E-state index in [4.69, 9.17) is 9.97 Å². The molecule has 39 heteroatoms. The minimum atomic E-state index is -0.787. The number of aliphatic hydroxyl groups excluding tert-OH is 1. The Morgan fingerprint density at radius 1 is 0.454 bits per heavy atom. The van der Waals surface area contributed by atoms with Crippen LogP contribution in [-0.4, -0.2) is 179 Å². The first kappa shape index (κ1) is 88.9. The molecule has 4 bridgehead atoms. The first-order valence-corrected chi connectivity index (χ1v) is 43.2. The zero-order chi connectivity index (χ0) is 90.4. The van der Waals surface area contributed by atoms with Crippen molar-refractivity contribution < 1.29 is 27.1 Å². The van der Waals surface area contributed by atoms with Crippen molar-refractivity contribution in [2.75, 3.05) is 77.1 Å². The molecule has 1 saturated heterocycles. The van der Waals surface area contributed by atoms with Crippen molar-refractivity contribution in [1.29, 1.82) is 0 Å². The zero-order valence-corrected chi connectivity index (χ0v) is 73.3. The van der Waals surface area contributed by atoms with Gasteiger partial charge in [-0.1, -0.05) is 134 Å². The van der Waals surface area contributed by atoms with Gasteiger partial charge in [-0.05, 0) is 136 Å². The van der Waals surface area contributed by atoms with E-state index in [1.807, 2.05) is 163 Å². The fourth-order valence-corrected chi connectivity index (χ4v) is 17.5. The molecule has 22 rings (SSSR count). The predicted octanol–water partition coefficient (Wildman–Crippen LogP) is 14.5. The molecule has 672 valence electrons. The van der Waals surface area contributed by atoms with Crippen molar-refractivity contribution in [1.82, 2.24) is 127 Å². The molecule has 2 atom stereocenters. The van der Waals surface area contributed by atoms with Crippen LogP contribution in [0, 0.1) is 53.6 Å². The van der Waals surface area contributed by atoms with Crippen LogP contribution in [0.1, 0.15) is 112 Å². The van der Waals surface area contributed by atoms with Gasteiger partial charge in [-0.3, -0.25) is 4.98 Å². The molecule has 17 aromatic rings. The van der Waals surface area contributed by atoms with Gasteiger partial charge in [0.25, 0.3) is 0 Å². The molecular weight excluding hydrogens is 1660 g/mol. The standard InChI is InChI=1S/C20H28N6O.C17H19FN6.C17H22FN5.C13H12FN5.C12H11FN6.C12H10FN5/c1-5-16(12-27)25(4)20-23-18(21-11-15-9-7-6-8-10-15)17-19(24-20)26(13-22-17)14(2)3;1-23-8-7-13(10-23)24-11-20-14-15(21-17(18)22-16(14)24)19-9-12-5-3-2-4-6-12;1-23-9-20-13-14(21-16(18)22-15(13)23)19-8-17-5-10-2-11(6-17)4-12(3-10)7-17;1-19-8-16-10-11(17-13(14)18-12(10)19)15-7-9-5-3-2-4-6-9;1-19-7-16-9-10(17-12(13)18-11(9)19)15-6-8-3-2-4-14-5-8;13-12-17-10(9-11(18-12)16-7-15-9)14-6-8-4-2-1-3-5-8/h6-10,13-14,16,27H,5,11-12H2,1-4H3,(H,21,23,24);2-6,11,13H,7-10H2,1H3,(H,19,21,22);9-12H,2-8H2,1H3,(H,19,21,22);2-6,8H,7H2,1H3,(H,15,17,18);2-5,7H,6H2,1H3,(H,15,17,18);1-5,7H,6H2,(H2,14,15,16,17,18)/t16-;;;;;/m1...../s1/i4-1;1-1;;14-1;;13-1. The summed E-state index contributed by atoms with van der Waals surface area (Å²) in [6, 6.07) is 44.0. The van der Waals surface area contributed by atoms with E-state index >= 15 is 0 Å². The molecule has 0 amide bonds. The maximum absolute atomic E-state index is 13.9. The van der Waals surface area contributed by atoms with Gasteiger partial charge >= 0.3 is 30.4 Å². The maximum Gasteiger partial charge on any atom is 0.312 e. The number of hydrogen-bond donors (Lipinski definition) is 8. The summed E-state index contributed by atoms with van der Waals surface area (Å²) in [6.45, 7) is 12.0. The second kappa shape index (κ2) is 40.6.